The lowest BCUT2D eigenvalue weighted by Crippen LogP contribution is -2.24. The highest BCUT2D eigenvalue weighted by Gasteiger charge is 2.27. The van der Waals surface area contributed by atoms with Crippen LogP contribution in [0.1, 0.15) is 6.42 Å². The molecule has 0 aromatic carbocycles. The van der Waals surface area contributed by atoms with E-state index in [9.17, 15) is 17.6 Å². The van der Waals surface area contributed by atoms with Crippen LogP contribution >= 0.6 is 0 Å². The average molecular weight is 222 g/mol. The molecule has 0 spiro atoms. The second-order valence-electron chi connectivity index (χ2n) is 3.12. The molecule has 1 heterocycles. The summed E-state index contributed by atoms with van der Waals surface area (Å²) in [5, 5.41) is 0. The van der Waals surface area contributed by atoms with Gasteiger partial charge >= 0.3 is 6.18 Å². The normalized spacial score (nSPS) is 11.5. The highest BCUT2D eigenvalue weighted by atomic mass is 19.4. The number of nitrogens with zero attached hydrogens (tertiary/aromatic N) is 2. The molecule has 0 radical (unpaired) electrons. The van der Waals surface area contributed by atoms with Gasteiger partial charge in [0.2, 0.25) is 5.95 Å². The van der Waals surface area contributed by atoms with Gasteiger partial charge in [-0.15, -0.1) is 0 Å². The van der Waals surface area contributed by atoms with Gasteiger partial charge in [0.05, 0.1) is 6.42 Å². The molecule has 0 amide bonds. The van der Waals surface area contributed by atoms with Crippen molar-refractivity contribution in [1.29, 1.82) is 0 Å². The van der Waals surface area contributed by atoms with E-state index in [1.54, 1.807) is 0 Å². The first-order valence-corrected chi connectivity index (χ1v) is 4.28. The number of anilines is 1. The van der Waals surface area contributed by atoms with E-state index in [0.717, 1.165) is 6.07 Å². The highest BCUT2D eigenvalue weighted by molar-refractivity contribution is 5.43. The Morgan fingerprint density at radius 2 is 2.07 bits per heavy atom. The SMILES string of the molecule is CN(CCC(F)(F)F)c1ccnc(F)c1. The van der Waals surface area contributed by atoms with Gasteiger partial charge in [-0.1, -0.05) is 0 Å². The molecule has 84 valence electrons. The number of aromatic nitrogens is 1. The van der Waals surface area contributed by atoms with E-state index in [1.807, 2.05) is 0 Å². The topological polar surface area (TPSA) is 16.1 Å². The molecule has 2 nitrogen and oxygen atoms in total. The van der Waals surface area contributed by atoms with Crippen LogP contribution in [0.5, 0.6) is 0 Å². The zero-order chi connectivity index (χ0) is 11.5. The third kappa shape index (κ3) is 4.14. The molecule has 15 heavy (non-hydrogen) atoms. The smallest absolute Gasteiger partial charge is 0.374 e. The zero-order valence-electron chi connectivity index (χ0n) is 8.05. The molecule has 0 N–H and O–H groups in total. The molecule has 0 aliphatic heterocycles. The van der Waals surface area contributed by atoms with Gasteiger partial charge < -0.3 is 4.90 Å². The van der Waals surface area contributed by atoms with E-state index in [-0.39, 0.29) is 6.54 Å². The first-order valence-electron chi connectivity index (χ1n) is 4.28. The summed E-state index contributed by atoms with van der Waals surface area (Å²) in [6.07, 6.45) is -3.90. The van der Waals surface area contributed by atoms with E-state index < -0.39 is 18.5 Å². The minimum absolute atomic E-state index is 0.201. The van der Waals surface area contributed by atoms with Gasteiger partial charge in [-0.25, -0.2) is 4.98 Å². The summed E-state index contributed by atoms with van der Waals surface area (Å²) in [4.78, 5) is 4.65. The molecule has 0 atom stereocenters. The van der Waals surface area contributed by atoms with Crippen molar-refractivity contribution >= 4 is 5.69 Å². The molecule has 0 aliphatic rings. The number of rotatable bonds is 3. The summed E-state index contributed by atoms with van der Waals surface area (Å²) >= 11 is 0. The molecule has 0 saturated carbocycles. The van der Waals surface area contributed by atoms with E-state index in [0.29, 0.717) is 5.69 Å². The zero-order valence-corrected chi connectivity index (χ0v) is 8.05. The van der Waals surface area contributed by atoms with E-state index in [4.69, 9.17) is 0 Å². The van der Waals surface area contributed by atoms with Crippen molar-refractivity contribution in [2.75, 3.05) is 18.5 Å². The molecule has 0 bridgehead atoms. The predicted octanol–water partition coefficient (Wildman–Crippen LogP) is 2.61. The minimum atomic E-state index is -4.19. The van der Waals surface area contributed by atoms with Crippen molar-refractivity contribution in [2.24, 2.45) is 0 Å². The Morgan fingerprint density at radius 3 is 2.60 bits per heavy atom. The molecule has 6 heteroatoms. The lowest BCUT2D eigenvalue weighted by atomic mass is 10.3. The van der Waals surface area contributed by atoms with Gasteiger partial charge in [0.1, 0.15) is 0 Å². The first kappa shape index (κ1) is 11.7. The lowest BCUT2D eigenvalue weighted by molar-refractivity contribution is -0.132. The fraction of sp³-hybridized carbons (Fsp3) is 0.444. The summed E-state index contributed by atoms with van der Waals surface area (Å²) in [5.41, 5.74) is 0.381. The molecule has 0 unspecified atom stereocenters. The van der Waals surface area contributed by atoms with E-state index >= 15 is 0 Å². The fourth-order valence-electron chi connectivity index (χ4n) is 1.05. The summed E-state index contributed by atoms with van der Waals surface area (Å²) in [7, 11) is 1.47. The Bertz CT molecular complexity index is 324. The molecular weight excluding hydrogens is 212 g/mol. The van der Waals surface area contributed by atoms with Crippen LogP contribution in [0, 0.1) is 5.95 Å². The van der Waals surface area contributed by atoms with Crippen LogP contribution in [0.3, 0.4) is 0 Å². The molecule has 0 fully saturated rings. The average Bonchev–Trinajstić information content (AvgIpc) is 2.13. The first-order chi connectivity index (χ1) is 6.88. The number of hydrogen-bond acceptors (Lipinski definition) is 2. The highest BCUT2D eigenvalue weighted by Crippen LogP contribution is 2.21. The molecule has 0 saturated heterocycles. The maximum absolute atomic E-state index is 12.6. The quantitative estimate of drug-likeness (QED) is 0.577. The summed E-state index contributed by atoms with van der Waals surface area (Å²) in [6, 6.07) is 2.55. The molecule has 1 rings (SSSR count). The predicted molar refractivity (Wildman–Crippen MR) is 48.1 cm³/mol. The van der Waals surface area contributed by atoms with Crippen LogP contribution in [0.4, 0.5) is 23.2 Å². The van der Waals surface area contributed by atoms with Crippen LogP contribution in [0.25, 0.3) is 0 Å². The number of pyridine rings is 1. The van der Waals surface area contributed by atoms with Crippen LogP contribution < -0.4 is 4.90 Å². The number of hydrogen-bond donors (Lipinski definition) is 0. The molecule has 1 aromatic rings. The maximum Gasteiger partial charge on any atom is 0.390 e. The molecule has 1 aromatic heterocycles. The second-order valence-corrected chi connectivity index (χ2v) is 3.12. The lowest BCUT2D eigenvalue weighted by Gasteiger charge is -2.19. The summed E-state index contributed by atoms with van der Waals surface area (Å²) < 4.78 is 48.3. The van der Waals surface area contributed by atoms with Crippen LogP contribution in [-0.4, -0.2) is 24.8 Å². The van der Waals surface area contributed by atoms with Crippen molar-refractivity contribution < 1.29 is 17.6 Å². The van der Waals surface area contributed by atoms with Gasteiger partial charge in [0, 0.05) is 31.5 Å². The second kappa shape index (κ2) is 4.46. The van der Waals surface area contributed by atoms with Gasteiger partial charge in [-0.05, 0) is 6.07 Å². The Labute approximate surface area is 84.5 Å². The number of halogens is 4. The summed E-state index contributed by atoms with van der Waals surface area (Å²) in [6.45, 7) is -0.201. The molecule has 0 aliphatic carbocycles. The van der Waals surface area contributed by atoms with Crippen molar-refractivity contribution in [2.45, 2.75) is 12.6 Å². The van der Waals surface area contributed by atoms with Crippen LogP contribution in [-0.2, 0) is 0 Å². The van der Waals surface area contributed by atoms with Gasteiger partial charge in [0.15, 0.2) is 0 Å². The molecular formula is C9H10F4N2. The van der Waals surface area contributed by atoms with Crippen molar-refractivity contribution in [1.82, 2.24) is 4.98 Å². The van der Waals surface area contributed by atoms with Crippen LogP contribution in [0.15, 0.2) is 18.3 Å². The van der Waals surface area contributed by atoms with Gasteiger partial charge in [-0.2, -0.15) is 17.6 Å². The van der Waals surface area contributed by atoms with E-state index in [1.165, 1.54) is 24.2 Å². The van der Waals surface area contributed by atoms with Crippen molar-refractivity contribution in [3.05, 3.63) is 24.3 Å². The summed E-state index contributed by atoms with van der Waals surface area (Å²) in [5.74, 6) is -0.702. The fourth-order valence-corrected chi connectivity index (χ4v) is 1.05. The van der Waals surface area contributed by atoms with Crippen molar-refractivity contribution in [3.63, 3.8) is 0 Å². The van der Waals surface area contributed by atoms with Gasteiger partial charge in [-0.3, -0.25) is 0 Å². The maximum atomic E-state index is 12.6. The minimum Gasteiger partial charge on any atom is -0.374 e. The third-order valence-corrected chi connectivity index (χ3v) is 1.88. The van der Waals surface area contributed by atoms with E-state index in [2.05, 4.69) is 4.98 Å². The monoisotopic (exact) mass is 222 g/mol. The Morgan fingerprint density at radius 1 is 1.40 bits per heavy atom. The largest absolute Gasteiger partial charge is 0.390 e. The number of alkyl halides is 3. The Kier molecular flexibility index (Phi) is 3.49. The van der Waals surface area contributed by atoms with Crippen molar-refractivity contribution in [3.8, 4) is 0 Å². The van der Waals surface area contributed by atoms with Gasteiger partial charge in [0.25, 0.3) is 0 Å². The Balaban J connectivity index is 2.58. The standard InChI is InChI=1S/C9H10F4N2/c1-15(5-3-9(11,12)13)7-2-4-14-8(10)6-7/h2,4,6H,3,5H2,1H3. The van der Waals surface area contributed by atoms with Crippen LogP contribution in [0.2, 0.25) is 0 Å². The third-order valence-electron chi connectivity index (χ3n) is 1.88. The Hall–Kier alpha value is -1.33.